The van der Waals surface area contributed by atoms with Crippen LogP contribution in [0, 0.1) is 35.4 Å². The first-order valence-corrected chi connectivity index (χ1v) is 13.0. The molecule has 3 saturated carbocycles. The van der Waals surface area contributed by atoms with E-state index in [1.807, 2.05) is 0 Å². The Bertz CT molecular complexity index is 820. The van der Waals surface area contributed by atoms with Gasteiger partial charge in [-0.15, -0.1) is 6.58 Å². The van der Waals surface area contributed by atoms with Crippen LogP contribution in [0.15, 0.2) is 36.7 Å². The van der Waals surface area contributed by atoms with Crippen molar-refractivity contribution in [2.24, 2.45) is 29.6 Å². The molecule has 0 unspecified atom stereocenters. The molecule has 0 atom stereocenters. The number of rotatable bonds is 6. The lowest BCUT2D eigenvalue weighted by molar-refractivity contribution is 0.171. The van der Waals surface area contributed by atoms with E-state index in [2.05, 4.69) is 12.7 Å². The molecule has 0 nitrogen and oxygen atoms in total. The van der Waals surface area contributed by atoms with Gasteiger partial charge in [0.15, 0.2) is 5.83 Å². The molecule has 0 N–H and O–H groups in total. The summed E-state index contributed by atoms with van der Waals surface area (Å²) in [5, 5.41) is 0. The molecule has 4 heteroatoms. The van der Waals surface area contributed by atoms with Gasteiger partial charge in [-0.2, -0.15) is 0 Å². The molecule has 0 aliphatic heterocycles. The van der Waals surface area contributed by atoms with E-state index in [-0.39, 0.29) is 11.5 Å². The predicted molar refractivity (Wildman–Crippen MR) is 127 cm³/mol. The lowest BCUT2D eigenvalue weighted by Gasteiger charge is -2.37. The highest BCUT2D eigenvalue weighted by molar-refractivity contribution is 5.62. The first-order valence-electron chi connectivity index (χ1n) is 13.0. The maximum absolute atomic E-state index is 14.8. The van der Waals surface area contributed by atoms with Crippen LogP contribution in [0.1, 0.15) is 94.1 Å². The van der Waals surface area contributed by atoms with Crippen molar-refractivity contribution in [3.63, 3.8) is 0 Å². The van der Waals surface area contributed by atoms with Crippen molar-refractivity contribution in [2.75, 3.05) is 6.67 Å². The molecule has 1 aromatic rings. The highest BCUT2D eigenvalue weighted by Crippen LogP contribution is 2.45. The van der Waals surface area contributed by atoms with Crippen LogP contribution in [-0.4, -0.2) is 6.67 Å². The van der Waals surface area contributed by atoms with Gasteiger partial charge in [-0.25, -0.2) is 13.2 Å². The fourth-order valence-corrected chi connectivity index (χ4v) is 6.62. The summed E-state index contributed by atoms with van der Waals surface area (Å²) in [6, 6.07) is 4.61. The third-order valence-electron chi connectivity index (χ3n) is 8.92. The second-order valence-corrected chi connectivity index (χ2v) is 10.8. The number of halogens is 4. The highest BCUT2D eigenvalue weighted by atomic mass is 19.2. The second-order valence-electron chi connectivity index (χ2n) is 10.8. The maximum Gasteiger partial charge on any atom is 0.165 e. The van der Waals surface area contributed by atoms with Crippen LogP contribution >= 0.6 is 0 Å². The quantitative estimate of drug-likeness (QED) is 0.292. The molecule has 182 valence electrons. The topological polar surface area (TPSA) is 0 Å². The van der Waals surface area contributed by atoms with E-state index in [9.17, 15) is 17.6 Å². The van der Waals surface area contributed by atoms with E-state index < -0.39 is 30.1 Å². The van der Waals surface area contributed by atoms with Gasteiger partial charge in [0, 0.05) is 11.5 Å². The Morgan fingerprint density at radius 2 is 1.45 bits per heavy atom. The number of alkyl halides is 1. The summed E-state index contributed by atoms with van der Waals surface area (Å²) in [5.41, 5.74) is 0.623. The molecule has 0 heterocycles. The van der Waals surface area contributed by atoms with E-state index in [0.717, 1.165) is 30.2 Å². The van der Waals surface area contributed by atoms with E-state index in [1.54, 1.807) is 6.07 Å². The van der Waals surface area contributed by atoms with Gasteiger partial charge in [-0.1, -0.05) is 12.1 Å². The third-order valence-corrected chi connectivity index (χ3v) is 8.92. The van der Waals surface area contributed by atoms with Crippen molar-refractivity contribution < 1.29 is 17.6 Å². The fourth-order valence-electron chi connectivity index (χ4n) is 6.62. The number of hydrogen-bond acceptors (Lipinski definition) is 0. The first-order chi connectivity index (χ1) is 16.0. The zero-order chi connectivity index (χ0) is 23.4. The van der Waals surface area contributed by atoms with Crippen molar-refractivity contribution in [1.82, 2.24) is 0 Å². The Kier molecular flexibility index (Phi) is 8.35. The van der Waals surface area contributed by atoms with Gasteiger partial charge in [0.2, 0.25) is 0 Å². The van der Waals surface area contributed by atoms with Crippen LogP contribution in [0.3, 0.4) is 0 Å². The summed E-state index contributed by atoms with van der Waals surface area (Å²) in [4.78, 5) is 0. The maximum atomic E-state index is 14.8. The summed E-state index contributed by atoms with van der Waals surface area (Å²) >= 11 is 0. The molecule has 3 aliphatic carbocycles. The van der Waals surface area contributed by atoms with E-state index in [4.69, 9.17) is 0 Å². The molecule has 0 bridgehead atoms. The molecule has 1 aromatic carbocycles. The SMILES string of the molecule is C=CC1CCC(C2CCC(c3ccc(/C(F)=C(\F)C4CCC(CF)CC4)c(F)c3)CC2)CC1. The summed E-state index contributed by atoms with van der Waals surface area (Å²) in [5.74, 6) is -0.698. The van der Waals surface area contributed by atoms with E-state index in [1.165, 1.54) is 50.7 Å². The van der Waals surface area contributed by atoms with Gasteiger partial charge >= 0.3 is 0 Å². The summed E-state index contributed by atoms with van der Waals surface area (Å²) in [7, 11) is 0. The molecule has 3 aliphatic rings. The molecular weight excluding hydrogens is 424 g/mol. The van der Waals surface area contributed by atoms with Gasteiger partial charge in [0.1, 0.15) is 11.6 Å². The van der Waals surface area contributed by atoms with Gasteiger partial charge in [-0.05, 0) is 124 Å². The smallest absolute Gasteiger partial charge is 0.165 e. The summed E-state index contributed by atoms with van der Waals surface area (Å²) < 4.78 is 57.2. The van der Waals surface area contributed by atoms with Crippen LogP contribution in [0.2, 0.25) is 0 Å². The Labute approximate surface area is 196 Å². The van der Waals surface area contributed by atoms with Crippen LogP contribution in [0.5, 0.6) is 0 Å². The minimum atomic E-state index is -1.08. The number of allylic oxidation sites excluding steroid dienone is 2. The van der Waals surface area contributed by atoms with Crippen LogP contribution in [-0.2, 0) is 0 Å². The average Bonchev–Trinajstić information content (AvgIpc) is 2.88. The molecule has 0 amide bonds. The largest absolute Gasteiger partial charge is 0.251 e. The molecular formula is C29H38F4. The predicted octanol–water partition coefficient (Wildman–Crippen LogP) is 9.48. The zero-order valence-corrected chi connectivity index (χ0v) is 19.7. The monoisotopic (exact) mass is 462 g/mol. The molecule has 33 heavy (non-hydrogen) atoms. The van der Waals surface area contributed by atoms with Crippen molar-refractivity contribution >= 4 is 5.83 Å². The lowest BCUT2D eigenvalue weighted by Crippen LogP contribution is -2.25. The Morgan fingerprint density at radius 3 is 2.00 bits per heavy atom. The van der Waals surface area contributed by atoms with Crippen LogP contribution in [0.25, 0.3) is 5.83 Å². The summed E-state index contributed by atoms with van der Waals surface area (Å²) in [6.07, 6.45) is 13.6. The van der Waals surface area contributed by atoms with Gasteiger partial charge in [0.05, 0.1) is 6.67 Å². The normalized spacial score (nSPS) is 33.9. The molecule has 3 fully saturated rings. The van der Waals surface area contributed by atoms with E-state index in [0.29, 0.717) is 37.5 Å². The number of hydrogen-bond donors (Lipinski definition) is 0. The van der Waals surface area contributed by atoms with Gasteiger partial charge in [0.25, 0.3) is 0 Å². The standard InChI is InChI=1S/C29H38F4/c1-2-19-3-7-21(8-4-19)22-11-13-23(14-12-22)25-15-16-26(27(31)17-25)29(33)28(32)24-9-5-20(18-30)6-10-24/h2,15-17,19-24H,1,3-14,18H2/b29-28+. The molecule has 0 saturated heterocycles. The van der Waals surface area contributed by atoms with Gasteiger partial charge < -0.3 is 0 Å². The highest BCUT2D eigenvalue weighted by Gasteiger charge is 2.31. The average molecular weight is 463 g/mol. The minimum absolute atomic E-state index is 0.0506. The van der Waals surface area contributed by atoms with Crippen molar-refractivity contribution in [3.05, 3.63) is 53.6 Å². The Hall–Kier alpha value is -1.58. The van der Waals surface area contributed by atoms with Crippen molar-refractivity contribution in [1.29, 1.82) is 0 Å². The molecule has 0 spiro atoms. The van der Waals surface area contributed by atoms with Crippen molar-refractivity contribution in [2.45, 2.75) is 83.0 Å². The molecule has 4 rings (SSSR count). The van der Waals surface area contributed by atoms with Crippen LogP contribution < -0.4 is 0 Å². The zero-order valence-electron chi connectivity index (χ0n) is 19.7. The fraction of sp³-hybridized carbons (Fsp3) is 0.655. The van der Waals surface area contributed by atoms with Crippen molar-refractivity contribution in [3.8, 4) is 0 Å². The second kappa shape index (κ2) is 11.2. The Balaban J connectivity index is 1.35. The lowest BCUT2D eigenvalue weighted by atomic mass is 9.68. The first kappa shape index (κ1) is 24.5. The molecule has 0 aromatic heterocycles. The Morgan fingerprint density at radius 1 is 0.848 bits per heavy atom. The molecule has 0 radical (unpaired) electrons. The number of benzene rings is 1. The minimum Gasteiger partial charge on any atom is -0.251 e. The van der Waals surface area contributed by atoms with Gasteiger partial charge in [-0.3, -0.25) is 4.39 Å². The van der Waals surface area contributed by atoms with Crippen LogP contribution in [0.4, 0.5) is 17.6 Å². The third kappa shape index (κ3) is 5.74. The summed E-state index contributed by atoms with van der Waals surface area (Å²) in [6.45, 7) is 3.53. The van der Waals surface area contributed by atoms with E-state index >= 15 is 0 Å².